The zero-order valence-electron chi connectivity index (χ0n) is 30.7. The Morgan fingerprint density at radius 3 is 0.286 bits per heavy atom. The van der Waals surface area contributed by atoms with Gasteiger partial charge in [0.15, 0.2) is 0 Å². The first-order valence-electron chi connectivity index (χ1n) is 12.5. The van der Waals surface area contributed by atoms with E-state index in [4.69, 9.17) is 29.9 Å². The second-order valence-electron chi connectivity index (χ2n) is 10.1. The molecule has 3 fully saturated rings. The first kappa shape index (κ1) is 80.0. The van der Waals surface area contributed by atoms with Gasteiger partial charge in [-0.25, -0.2) is 0 Å². The Hall–Kier alpha value is 2.43. The summed E-state index contributed by atoms with van der Waals surface area (Å²) < 4.78 is 69.1. The maximum Gasteiger partial charge on any atom is 0 e. The molecule has 0 atom stereocenters. The van der Waals surface area contributed by atoms with Gasteiger partial charge in [-0.15, -0.1) is 0 Å². The van der Waals surface area contributed by atoms with E-state index in [9.17, 15) is 0 Å². The molecule has 18 radical (unpaired) electrons. The minimum absolute atomic E-state index is 0. The van der Waals surface area contributed by atoms with Crippen molar-refractivity contribution in [1.29, 1.82) is 0 Å². The van der Waals surface area contributed by atoms with Gasteiger partial charge in [0, 0.05) is 61.3 Å². The maximum atomic E-state index is 8.64. The van der Waals surface area contributed by atoms with Crippen LogP contribution in [0.1, 0.15) is 104 Å². The molecule has 12 N–H and O–H groups in total. The summed E-state index contributed by atoms with van der Waals surface area (Å²) in [6, 6.07) is 0. The van der Waals surface area contributed by atoms with E-state index in [1.165, 1.54) is 88.8 Å². The van der Waals surface area contributed by atoms with E-state index in [0.29, 0.717) is 0 Å². The first-order valence-corrected chi connectivity index (χ1v) is 21.4. The first-order chi connectivity index (χ1) is 17.7. The summed E-state index contributed by atoms with van der Waals surface area (Å²) in [5.74, 6) is 22.0. The van der Waals surface area contributed by atoms with Crippen molar-refractivity contribution in [3.05, 3.63) is 88.8 Å². The van der Waals surface area contributed by atoms with Crippen LogP contribution in [0.4, 0.5) is 0 Å². The van der Waals surface area contributed by atoms with Gasteiger partial charge >= 0.3 is 63.1 Å². The van der Waals surface area contributed by atoms with E-state index >= 15 is 0 Å². The zero-order valence-corrected chi connectivity index (χ0v) is 44.2. The van der Waals surface area contributed by atoms with Gasteiger partial charge in [0.2, 0.25) is 0 Å². The Labute approximate surface area is 346 Å². The van der Waals surface area contributed by atoms with Crippen LogP contribution in [0.25, 0.3) is 0 Å². The summed E-state index contributed by atoms with van der Waals surface area (Å²) in [6.07, 6.45) is 0. The fraction of sp³-hybridized carbons (Fsp3) is 0.500. The van der Waals surface area contributed by atoms with Crippen LogP contribution in [-0.4, -0.2) is 32.9 Å². The van der Waals surface area contributed by atoms with Crippen molar-refractivity contribution in [3.8, 4) is 0 Å². The number of hydrogen-bond donors (Lipinski definition) is 0. The molecule has 0 unspecified atom stereocenters. The summed E-state index contributed by atoms with van der Waals surface area (Å²) in [5.41, 5.74) is 0. The molecular weight excluding hydrogens is 1520 g/mol. The number of hydrogen-bond acceptors (Lipinski definition) is 8. The SMILES string of the molecule is C[C]1[C](C)[C](C)[C](C)[C]1C.C[C]1[C](C)[C](C)[C](C)[C]1C.C[C]1[C](C)[C](C)[C](C)[C]1C.O.O.O.O.O.O.[O]=[Re]([O-])([O-])[O-].[O]=[Re]([O-])([O-])[O-].[Re].[Re].[Re]. The van der Waals surface area contributed by atoms with Crippen molar-refractivity contribution in [3.63, 3.8) is 0 Å². The molecule has 19 heteroatoms. The molecule has 0 aromatic rings. The molecule has 302 valence electrons. The van der Waals surface area contributed by atoms with Gasteiger partial charge in [0.25, 0.3) is 0 Å². The minimum Gasteiger partial charge on any atom is 0 e. The fourth-order valence-electron chi connectivity index (χ4n) is 4.22. The molecule has 0 spiro atoms. The topological polar surface area (TPSA) is 362 Å². The fourth-order valence-corrected chi connectivity index (χ4v) is 4.22. The molecule has 0 aromatic carbocycles. The quantitative estimate of drug-likeness (QED) is 0.235. The van der Waals surface area contributed by atoms with E-state index in [1.807, 2.05) is 0 Å². The van der Waals surface area contributed by atoms with Gasteiger partial charge in [-0.1, -0.05) is 104 Å². The molecule has 0 amide bonds. The summed E-state index contributed by atoms with van der Waals surface area (Å²) in [5, 5.41) is 0. The molecule has 3 aliphatic rings. The predicted molar refractivity (Wildman–Crippen MR) is 157 cm³/mol. The third kappa shape index (κ3) is 30.3. The third-order valence-electron chi connectivity index (χ3n) is 8.44. The van der Waals surface area contributed by atoms with E-state index in [2.05, 4.69) is 104 Å². The second kappa shape index (κ2) is 34.9. The molecule has 0 bridgehead atoms. The number of rotatable bonds is 0. The van der Waals surface area contributed by atoms with Gasteiger partial charge < -0.3 is 32.9 Å². The van der Waals surface area contributed by atoms with Crippen molar-refractivity contribution in [2.24, 2.45) is 0 Å². The molecule has 3 rings (SSSR count). The maximum absolute atomic E-state index is 8.64. The molecule has 3 saturated carbocycles. The van der Waals surface area contributed by atoms with Crippen molar-refractivity contribution in [1.82, 2.24) is 0 Å². The standard InChI is InChI=1S/3C10H15.6H2O.8O.5Re/c3*1-6-7(2)9(4)10(5)8(6)3;;;;;;;;;;;;;;;;;;;/h3*1-5H3;6*1H2;;;;;;;;;;;;;/q;;;;;;;;;;;6*-1;;;;;. The van der Waals surface area contributed by atoms with Gasteiger partial charge in [-0.3, -0.25) is 0 Å². The van der Waals surface area contributed by atoms with E-state index < -0.39 is 33.2 Å². The Morgan fingerprint density at radius 2 is 0.265 bits per heavy atom. The molecule has 0 aliphatic heterocycles. The summed E-state index contributed by atoms with van der Waals surface area (Å²) >= 11 is -12.2. The van der Waals surface area contributed by atoms with Crippen LogP contribution in [-0.2, 0) is 101 Å². The second-order valence-corrected chi connectivity index (χ2v) is 15.6. The third-order valence-corrected chi connectivity index (χ3v) is 8.44. The molecule has 49 heavy (non-hydrogen) atoms. The van der Waals surface area contributed by atoms with E-state index in [1.54, 1.807) is 0 Å². The zero-order chi connectivity index (χ0) is 32.7. The van der Waals surface area contributed by atoms with Crippen molar-refractivity contribution in [2.75, 3.05) is 0 Å². The normalized spacial score (nSPS) is 20.5. The average Bonchev–Trinajstić information content (AvgIpc) is 3.18. The molecule has 14 nitrogen and oxygen atoms in total. The largest absolute Gasteiger partial charge is 0 e. The van der Waals surface area contributed by atoms with E-state index in [0.717, 1.165) is 0 Å². The van der Waals surface area contributed by atoms with E-state index in [-0.39, 0.29) is 94.1 Å². The summed E-state index contributed by atoms with van der Waals surface area (Å²) in [6.45, 7) is 33.0. The van der Waals surface area contributed by atoms with Crippen molar-refractivity contribution < 1.29 is 157 Å². The Kier molecular flexibility index (Phi) is 57.0. The van der Waals surface area contributed by atoms with Crippen molar-refractivity contribution >= 4 is 0 Å². The Bertz CT molecular complexity index is 580. The molecule has 0 aromatic heterocycles. The Balaban J connectivity index is -0.0000000402. The van der Waals surface area contributed by atoms with Crippen molar-refractivity contribution in [2.45, 2.75) is 104 Å². The summed E-state index contributed by atoms with van der Waals surface area (Å²) in [7, 11) is 0. The van der Waals surface area contributed by atoms with Gasteiger partial charge in [-0.2, -0.15) is 0 Å². The van der Waals surface area contributed by atoms with Crippen LogP contribution in [0.2, 0.25) is 0 Å². The van der Waals surface area contributed by atoms with Gasteiger partial charge in [-0.05, 0) is 88.8 Å². The predicted octanol–water partition coefficient (Wildman–Crippen LogP) is -3.42. The Morgan fingerprint density at radius 1 is 0.245 bits per heavy atom. The van der Waals surface area contributed by atoms with Crippen LogP contribution in [0, 0.1) is 88.8 Å². The molecule has 0 heterocycles. The molecular formula is C30H57O14Re5-6. The molecule has 0 saturated heterocycles. The summed E-state index contributed by atoms with van der Waals surface area (Å²) in [4.78, 5) is 0. The monoisotopic (exact) mass is 1580 g/mol. The smallest absolute Gasteiger partial charge is 0 e. The van der Waals surface area contributed by atoms with Crippen LogP contribution in [0.3, 0.4) is 0 Å². The van der Waals surface area contributed by atoms with Gasteiger partial charge in [0.05, 0.1) is 0 Å². The average molecular weight is 1570 g/mol. The minimum atomic E-state index is -6.11. The van der Waals surface area contributed by atoms with Crippen LogP contribution >= 0.6 is 0 Å². The van der Waals surface area contributed by atoms with Gasteiger partial charge in [0.1, 0.15) is 0 Å². The van der Waals surface area contributed by atoms with Crippen LogP contribution < -0.4 is 23.0 Å². The molecule has 3 aliphatic carbocycles. The van der Waals surface area contributed by atoms with Crippen LogP contribution in [0.15, 0.2) is 0 Å². The van der Waals surface area contributed by atoms with Crippen LogP contribution in [0.5, 0.6) is 0 Å².